The lowest BCUT2D eigenvalue weighted by molar-refractivity contribution is 0.174. The van der Waals surface area contributed by atoms with Crippen LogP contribution in [0.15, 0.2) is 36.4 Å². The summed E-state index contributed by atoms with van der Waals surface area (Å²) in [5.74, 6) is 2.67. The van der Waals surface area contributed by atoms with Gasteiger partial charge in [0.15, 0.2) is 11.5 Å². The number of rotatable bonds is 8. The molecule has 1 unspecified atom stereocenters. The van der Waals surface area contributed by atoms with E-state index in [4.69, 9.17) is 14.2 Å². The summed E-state index contributed by atoms with van der Waals surface area (Å²) in [7, 11) is 1.20. The summed E-state index contributed by atoms with van der Waals surface area (Å²) in [4.78, 5) is 0. The number of methoxy groups -OCH3 is 1. The van der Waals surface area contributed by atoms with E-state index in [0.717, 1.165) is 23.7 Å². The van der Waals surface area contributed by atoms with Crippen molar-refractivity contribution in [2.24, 2.45) is 0 Å². The number of hydrogen-bond acceptors (Lipinski definition) is 3. The van der Waals surface area contributed by atoms with Gasteiger partial charge in [0.2, 0.25) is 6.79 Å². The van der Waals surface area contributed by atoms with Gasteiger partial charge in [0.05, 0.1) is 7.11 Å². The summed E-state index contributed by atoms with van der Waals surface area (Å²) in [6.45, 7) is 4.87. The maximum Gasteiger partial charge on any atom is 0.231 e. The van der Waals surface area contributed by atoms with Gasteiger partial charge in [0, 0.05) is 10.4 Å². The van der Waals surface area contributed by atoms with Gasteiger partial charge in [-0.15, -0.1) is 0 Å². The molecule has 28 heavy (non-hydrogen) atoms. The lowest BCUT2D eigenvalue weighted by Gasteiger charge is -2.10. The Morgan fingerprint density at radius 2 is 1.71 bits per heavy atom. The molecule has 0 N–H and O–H groups in total. The first-order chi connectivity index (χ1) is 13.8. The van der Waals surface area contributed by atoms with Crippen molar-refractivity contribution >= 4 is 18.0 Å². The van der Waals surface area contributed by atoms with Crippen LogP contribution < -0.4 is 14.2 Å². The summed E-state index contributed by atoms with van der Waals surface area (Å²) in [6.07, 6.45) is 7.25. The van der Waals surface area contributed by atoms with Crippen molar-refractivity contribution in [2.45, 2.75) is 52.4 Å². The van der Waals surface area contributed by atoms with E-state index in [1.54, 1.807) is 18.0 Å². The minimum atomic E-state index is -0.551. The highest BCUT2D eigenvalue weighted by atomic mass is 31.1. The molecular weight excluding hydrogens is 367 g/mol. The molecule has 1 atom stereocenters. The number of aryl methyl sites for hydroxylation is 1. The fraction of sp³-hybridized carbons (Fsp3) is 0.417. The van der Waals surface area contributed by atoms with Crippen molar-refractivity contribution < 1.29 is 14.2 Å². The van der Waals surface area contributed by atoms with Crippen LogP contribution in [-0.2, 0) is 12.8 Å². The predicted molar refractivity (Wildman–Crippen MR) is 118 cm³/mol. The highest BCUT2D eigenvalue weighted by molar-refractivity contribution is 7.63. The normalized spacial score (nSPS) is 13.3. The van der Waals surface area contributed by atoms with Crippen LogP contribution in [0.1, 0.15) is 50.4 Å². The van der Waals surface area contributed by atoms with E-state index < -0.39 is 7.53 Å². The molecule has 4 rings (SSSR count). The number of fused-ring (bicyclic) bond motifs is 2. The minimum Gasteiger partial charge on any atom is -0.497 e. The number of benzene rings is 2. The van der Waals surface area contributed by atoms with Crippen molar-refractivity contribution in [1.82, 2.24) is 0 Å². The van der Waals surface area contributed by atoms with Gasteiger partial charge in [-0.3, -0.25) is 0 Å². The molecule has 0 spiro atoms. The third-order valence-electron chi connectivity index (χ3n) is 5.55. The molecule has 0 bridgehead atoms. The summed E-state index contributed by atoms with van der Waals surface area (Å²) < 4.78 is 16.8. The van der Waals surface area contributed by atoms with Crippen LogP contribution in [0.2, 0.25) is 0 Å². The number of hydrogen-bond donors (Lipinski definition) is 0. The molecule has 148 valence electrons. The van der Waals surface area contributed by atoms with Gasteiger partial charge in [-0.25, -0.2) is 0 Å². The van der Waals surface area contributed by atoms with Crippen molar-refractivity contribution in [3.05, 3.63) is 47.3 Å². The van der Waals surface area contributed by atoms with E-state index in [1.807, 2.05) is 0 Å². The zero-order chi connectivity index (χ0) is 19.5. The first kappa shape index (κ1) is 19.2. The molecule has 0 saturated heterocycles. The minimum absolute atomic E-state index is 0.321. The Balaban J connectivity index is 1.95. The lowest BCUT2D eigenvalue weighted by Crippen LogP contribution is -1.92. The summed E-state index contributed by atoms with van der Waals surface area (Å²) >= 11 is 0. The van der Waals surface area contributed by atoms with Crippen LogP contribution in [0.4, 0.5) is 0 Å². The van der Waals surface area contributed by atoms with Gasteiger partial charge in [-0.2, -0.15) is 0 Å². The van der Waals surface area contributed by atoms with Gasteiger partial charge < -0.3 is 14.2 Å². The fourth-order valence-corrected chi connectivity index (χ4v) is 7.01. The number of unbranched alkanes of at least 4 members (excludes halogenated alkanes) is 2. The molecule has 1 aliphatic rings. The number of ether oxygens (including phenoxy) is 3. The molecule has 0 aliphatic carbocycles. The Hall–Kier alpha value is -2.12. The Morgan fingerprint density at radius 3 is 2.50 bits per heavy atom. The van der Waals surface area contributed by atoms with E-state index in [-0.39, 0.29) is 0 Å². The first-order valence-corrected chi connectivity index (χ1v) is 11.7. The maximum atomic E-state index is 5.69. The molecule has 1 aliphatic heterocycles. The Kier molecular flexibility index (Phi) is 5.82. The average Bonchev–Trinajstić information content (AvgIpc) is 3.31. The Labute approximate surface area is 168 Å². The van der Waals surface area contributed by atoms with E-state index >= 15 is 0 Å². The third-order valence-corrected chi connectivity index (χ3v) is 8.23. The zero-order valence-corrected chi connectivity index (χ0v) is 18.0. The van der Waals surface area contributed by atoms with E-state index in [9.17, 15) is 0 Å². The average molecular weight is 396 g/mol. The molecule has 0 amide bonds. The molecule has 2 heterocycles. The fourth-order valence-electron chi connectivity index (χ4n) is 4.07. The van der Waals surface area contributed by atoms with Crippen LogP contribution >= 0.6 is 7.53 Å². The summed E-state index contributed by atoms with van der Waals surface area (Å²) in [5, 5.41) is 5.87. The summed E-state index contributed by atoms with van der Waals surface area (Å²) in [5.41, 5.74) is 1.58. The second kappa shape index (κ2) is 8.49. The van der Waals surface area contributed by atoms with Gasteiger partial charge in [-0.1, -0.05) is 40.3 Å². The zero-order valence-electron chi connectivity index (χ0n) is 17.1. The maximum absolute atomic E-state index is 5.69. The topological polar surface area (TPSA) is 27.7 Å². The monoisotopic (exact) mass is 396 g/mol. The van der Waals surface area contributed by atoms with E-state index in [0.29, 0.717) is 6.79 Å². The second-order valence-electron chi connectivity index (χ2n) is 7.39. The van der Waals surface area contributed by atoms with Crippen molar-refractivity contribution in [3.8, 4) is 22.6 Å². The molecule has 2 aromatic carbocycles. The molecule has 1 aromatic heterocycles. The van der Waals surface area contributed by atoms with Crippen molar-refractivity contribution in [3.63, 3.8) is 0 Å². The van der Waals surface area contributed by atoms with Crippen molar-refractivity contribution in [2.75, 3.05) is 13.9 Å². The smallest absolute Gasteiger partial charge is 0.231 e. The first-order valence-electron chi connectivity index (χ1n) is 10.4. The largest absolute Gasteiger partial charge is 0.497 e. The highest BCUT2D eigenvalue weighted by Crippen LogP contribution is 2.56. The summed E-state index contributed by atoms with van der Waals surface area (Å²) in [6, 6.07) is 13.2. The van der Waals surface area contributed by atoms with Crippen LogP contribution in [0.5, 0.6) is 17.2 Å². The Bertz CT molecular complexity index is 974. The van der Waals surface area contributed by atoms with Crippen LogP contribution in [0.25, 0.3) is 15.8 Å². The Morgan fingerprint density at radius 1 is 0.929 bits per heavy atom. The lowest BCUT2D eigenvalue weighted by atomic mass is 10.0. The molecule has 0 fully saturated rings. The van der Waals surface area contributed by atoms with E-state index in [2.05, 4.69) is 50.2 Å². The second-order valence-corrected chi connectivity index (χ2v) is 9.60. The van der Waals surface area contributed by atoms with Crippen molar-refractivity contribution in [1.29, 1.82) is 0 Å². The molecule has 3 nitrogen and oxygen atoms in total. The van der Waals surface area contributed by atoms with Crippen LogP contribution in [0, 0.1) is 0 Å². The molecule has 3 aromatic rings. The van der Waals surface area contributed by atoms with Gasteiger partial charge in [0.25, 0.3) is 0 Å². The molecule has 4 heteroatoms. The quantitative estimate of drug-likeness (QED) is 0.402. The standard InChI is InChI=1S/C24H29O3P/c1-4-6-8-19-20-12-10-17(25-3)14-24(20)28(23(19)9-7-5-2)18-11-13-21-22(15-18)27-16-26-21/h10-15H,4-9,16H2,1-3H3. The predicted octanol–water partition coefficient (Wildman–Crippen LogP) is 7.24. The molecule has 0 saturated carbocycles. The van der Waals surface area contributed by atoms with Gasteiger partial charge in [0.1, 0.15) is 5.75 Å². The third kappa shape index (κ3) is 3.49. The van der Waals surface area contributed by atoms with Crippen LogP contribution in [-0.4, -0.2) is 13.9 Å². The van der Waals surface area contributed by atoms with Gasteiger partial charge >= 0.3 is 0 Å². The molecular formula is C24H29O3P. The van der Waals surface area contributed by atoms with Gasteiger partial charge in [-0.05, 0) is 72.3 Å². The van der Waals surface area contributed by atoms with Crippen LogP contribution in [0.3, 0.4) is 0 Å². The molecule has 0 radical (unpaired) electrons. The van der Waals surface area contributed by atoms with E-state index in [1.165, 1.54) is 47.9 Å². The highest BCUT2D eigenvalue weighted by Gasteiger charge is 2.21. The SMILES string of the molecule is CCCCc1c(CCCC)p(-c2ccc3c(c2)OCO3)c2cc(OC)ccc12.